The topological polar surface area (TPSA) is 20.2 Å². The zero-order chi connectivity index (χ0) is 20.5. The van der Waals surface area contributed by atoms with Crippen LogP contribution in [0, 0.1) is 10.8 Å². The van der Waals surface area contributed by atoms with Gasteiger partial charge in [0.25, 0.3) is 0 Å². The van der Waals surface area contributed by atoms with Crippen LogP contribution in [0.3, 0.4) is 0 Å². The summed E-state index contributed by atoms with van der Waals surface area (Å²) >= 11 is 0. The van der Waals surface area contributed by atoms with Crippen LogP contribution in [0.2, 0.25) is 0 Å². The summed E-state index contributed by atoms with van der Waals surface area (Å²) in [4.78, 5) is 0. The van der Waals surface area contributed by atoms with E-state index in [9.17, 15) is 5.11 Å². The van der Waals surface area contributed by atoms with Crippen molar-refractivity contribution >= 4 is 0 Å². The van der Waals surface area contributed by atoms with Gasteiger partial charge < -0.3 is 5.11 Å². The van der Waals surface area contributed by atoms with E-state index >= 15 is 0 Å². The summed E-state index contributed by atoms with van der Waals surface area (Å²) in [5.41, 5.74) is 3.53. The third-order valence-corrected chi connectivity index (χ3v) is 7.29. The molecule has 0 spiro atoms. The van der Waals surface area contributed by atoms with Gasteiger partial charge in [-0.25, -0.2) is 0 Å². The Hall–Kier alpha value is -0.980. The number of benzene rings is 1. The number of hydrogen-bond acceptors (Lipinski definition) is 1. The number of para-hydroxylation sites is 1. The Bertz CT molecular complexity index is 568. The summed E-state index contributed by atoms with van der Waals surface area (Å²) < 4.78 is 0. The largest absolute Gasteiger partial charge is 0.507 e. The van der Waals surface area contributed by atoms with Gasteiger partial charge in [-0.3, -0.25) is 0 Å². The van der Waals surface area contributed by atoms with E-state index in [1.165, 1.54) is 83.5 Å². The first kappa shape index (κ1) is 23.3. The van der Waals surface area contributed by atoms with E-state index in [0.717, 1.165) is 24.0 Å². The van der Waals surface area contributed by atoms with Gasteiger partial charge in [-0.05, 0) is 73.3 Å². The van der Waals surface area contributed by atoms with Crippen LogP contribution in [0.4, 0.5) is 0 Å². The minimum absolute atomic E-state index is 0.502. The molecule has 1 fully saturated rings. The van der Waals surface area contributed by atoms with Crippen molar-refractivity contribution in [1.82, 2.24) is 0 Å². The Labute approximate surface area is 175 Å². The number of rotatable bonds is 15. The third-order valence-electron chi connectivity index (χ3n) is 7.29. The van der Waals surface area contributed by atoms with Crippen molar-refractivity contribution in [3.05, 3.63) is 29.3 Å². The number of phenols is 1. The molecule has 0 heterocycles. The predicted octanol–water partition coefficient (Wildman–Crippen LogP) is 8.61. The van der Waals surface area contributed by atoms with Crippen molar-refractivity contribution in [2.45, 2.75) is 124 Å². The highest BCUT2D eigenvalue weighted by Gasteiger charge is 2.35. The predicted molar refractivity (Wildman–Crippen MR) is 123 cm³/mol. The lowest BCUT2D eigenvalue weighted by atomic mass is 9.84. The smallest absolute Gasteiger partial charge is 0.121 e. The Morgan fingerprint density at radius 2 is 1.39 bits per heavy atom. The standard InChI is InChI=1S/C27H46O/c1-5-26(2,3)19-12-8-6-10-15-23-17-14-18-24(25(23)28)16-11-7-9-13-20-27(4)21-22-27/h14,17-18,28H,5-13,15-16,19-22H2,1-4H3. The molecule has 1 N–H and O–H groups in total. The van der Waals surface area contributed by atoms with Gasteiger partial charge in [0.1, 0.15) is 5.75 Å². The van der Waals surface area contributed by atoms with E-state index < -0.39 is 0 Å². The van der Waals surface area contributed by atoms with E-state index in [1.807, 2.05) is 0 Å². The van der Waals surface area contributed by atoms with Crippen molar-refractivity contribution < 1.29 is 5.11 Å². The molecule has 1 aromatic rings. The highest BCUT2D eigenvalue weighted by molar-refractivity contribution is 5.40. The lowest BCUT2D eigenvalue weighted by Crippen LogP contribution is -2.08. The van der Waals surface area contributed by atoms with Gasteiger partial charge in [0.15, 0.2) is 0 Å². The molecule has 1 heteroatoms. The van der Waals surface area contributed by atoms with Crippen LogP contribution < -0.4 is 0 Å². The summed E-state index contributed by atoms with van der Waals surface area (Å²) in [7, 11) is 0. The second kappa shape index (κ2) is 11.3. The second-order valence-electron chi connectivity index (χ2n) is 10.6. The first-order valence-electron chi connectivity index (χ1n) is 12.1. The van der Waals surface area contributed by atoms with Crippen LogP contribution in [0.5, 0.6) is 5.75 Å². The number of hydrogen-bond donors (Lipinski definition) is 1. The van der Waals surface area contributed by atoms with Crippen LogP contribution in [0.25, 0.3) is 0 Å². The molecule has 0 atom stereocenters. The maximum Gasteiger partial charge on any atom is 0.121 e. The van der Waals surface area contributed by atoms with E-state index in [0.29, 0.717) is 16.6 Å². The molecule has 28 heavy (non-hydrogen) atoms. The average Bonchev–Trinajstić information content (AvgIpc) is 3.40. The molecule has 0 aliphatic heterocycles. The van der Waals surface area contributed by atoms with Gasteiger partial charge in [0.05, 0.1) is 0 Å². The SMILES string of the molecule is CCC(C)(C)CCCCCCc1cccc(CCCCCCC2(C)CC2)c1O. The molecule has 160 valence electrons. The number of aryl methyl sites for hydroxylation is 2. The average molecular weight is 387 g/mol. The maximum absolute atomic E-state index is 10.6. The first-order valence-corrected chi connectivity index (χ1v) is 12.1. The molecule has 0 bridgehead atoms. The monoisotopic (exact) mass is 386 g/mol. The van der Waals surface area contributed by atoms with Gasteiger partial charge in [-0.1, -0.05) is 90.8 Å². The minimum Gasteiger partial charge on any atom is -0.507 e. The highest BCUT2D eigenvalue weighted by atomic mass is 16.3. The Balaban J connectivity index is 1.60. The first-order chi connectivity index (χ1) is 13.4. The second-order valence-corrected chi connectivity index (χ2v) is 10.6. The fraction of sp³-hybridized carbons (Fsp3) is 0.778. The van der Waals surface area contributed by atoms with Gasteiger partial charge in [0.2, 0.25) is 0 Å². The van der Waals surface area contributed by atoms with Crippen molar-refractivity contribution in [3.63, 3.8) is 0 Å². The summed E-state index contributed by atoms with van der Waals surface area (Å²) in [6.07, 6.45) is 19.4. The van der Waals surface area contributed by atoms with Gasteiger partial charge in [0, 0.05) is 0 Å². The Morgan fingerprint density at radius 3 is 1.93 bits per heavy atom. The molecule has 1 nitrogen and oxygen atoms in total. The molecule has 1 saturated carbocycles. The van der Waals surface area contributed by atoms with E-state index in [1.54, 1.807) is 0 Å². The lowest BCUT2D eigenvalue weighted by molar-refractivity contribution is 0.307. The number of unbranched alkanes of at least 4 members (excludes halogenated alkanes) is 6. The van der Waals surface area contributed by atoms with Crippen molar-refractivity contribution in [1.29, 1.82) is 0 Å². The van der Waals surface area contributed by atoms with E-state index in [4.69, 9.17) is 0 Å². The van der Waals surface area contributed by atoms with Crippen molar-refractivity contribution in [2.75, 3.05) is 0 Å². The molecule has 1 aliphatic rings. The summed E-state index contributed by atoms with van der Waals surface area (Å²) in [6, 6.07) is 6.38. The number of phenolic OH excluding ortho intramolecular Hbond substituents is 1. The summed E-state index contributed by atoms with van der Waals surface area (Å²) in [5, 5.41) is 10.6. The molecule has 0 amide bonds. The number of aromatic hydroxyl groups is 1. The quantitative estimate of drug-likeness (QED) is 0.299. The molecular weight excluding hydrogens is 340 g/mol. The zero-order valence-electron chi connectivity index (χ0n) is 19.3. The molecule has 0 radical (unpaired) electrons. The van der Waals surface area contributed by atoms with Crippen LogP contribution in [-0.4, -0.2) is 5.11 Å². The Kier molecular flexibility index (Phi) is 9.38. The molecule has 1 aromatic carbocycles. The van der Waals surface area contributed by atoms with Crippen LogP contribution in [-0.2, 0) is 12.8 Å². The molecule has 0 unspecified atom stereocenters. The fourth-order valence-corrected chi connectivity index (χ4v) is 4.18. The summed E-state index contributed by atoms with van der Waals surface area (Å²) in [6.45, 7) is 9.49. The molecular formula is C27H46O. The van der Waals surface area contributed by atoms with E-state index in [2.05, 4.69) is 45.9 Å². The van der Waals surface area contributed by atoms with Crippen molar-refractivity contribution in [2.24, 2.45) is 10.8 Å². The van der Waals surface area contributed by atoms with Crippen molar-refractivity contribution in [3.8, 4) is 5.75 Å². The summed E-state index contributed by atoms with van der Waals surface area (Å²) in [5.74, 6) is 0.583. The minimum atomic E-state index is 0.502. The van der Waals surface area contributed by atoms with Crippen LogP contribution in [0.15, 0.2) is 18.2 Å². The van der Waals surface area contributed by atoms with Gasteiger partial charge >= 0.3 is 0 Å². The molecule has 1 aliphatic carbocycles. The van der Waals surface area contributed by atoms with Gasteiger partial charge in [-0.15, -0.1) is 0 Å². The highest BCUT2D eigenvalue weighted by Crippen LogP contribution is 2.49. The van der Waals surface area contributed by atoms with E-state index in [-0.39, 0.29) is 0 Å². The zero-order valence-corrected chi connectivity index (χ0v) is 19.3. The third kappa shape index (κ3) is 8.58. The molecule has 0 saturated heterocycles. The van der Waals surface area contributed by atoms with Crippen LogP contribution >= 0.6 is 0 Å². The Morgan fingerprint density at radius 1 is 0.857 bits per heavy atom. The normalized spacial score (nSPS) is 15.7. The maximum atomic E-state index is 10.6. The molecule has 0 aromatic heterocycles. The molecule has 2 rings (SSSR count). The van der Waals surface area contributed by atoms with Crippen LogP contribution in [0.1, 0.15) is 122 Å². The fourth-order valence-electron chi connectivity index (χ4n) is 4.18. The van der Waals surface area contributed by atoms with Gasteiger partial charge in [-0.2, -0.15) is 0 Å². The lowest BCUT2D eigenvalue weighted by Gasteiger charge is -2.22.